The summed E-state index contributed by atoms with van der Waals surface area (Å²) in [4.78, 5) is 0. The van der Waals surface area contributed by atoms with E-state index in [1.165, 1.54) is 0 Å². The van der Waals surface area contributed by atoms with E-state index in [0.717, 1.165) is 16.7 Å². The second-order valence-corrected chi connectivity index (χ2v) is 3.57. The van der Waals surface area contributed by atoms with Crippen molar-refractivity contribution in [2.75, 3.05) is 13.6 Å². The molecule has 0 bridgehead atoms. The molecule has 0 aliphatic rings. The number of nitrogens with one attached hydrogen (secondary N) is 1. The Bertz CT molecular complexity index is 300. The number of aliphatic hydroxyl groups is 1. The first-order valence-corrected chi connectivity index (χ1v) is 4.69. The summed E-state index contributed by atoms with van der Waals surface area (Å²) >= 11 is 0. The Hall–Kier alpha value is -1.06. The number of aromatic hydroxyl groups is 1. The van der Waals surface area contributed by atoms with E-state index in [2.05, 4.69) is 5.32 Å². The molecule has 3 heteroatoms. The van der Waals surface area contributed by atoms with Crippen LogP contribution in [-0.4, -0.2) is 23.8 Å². The highest BCUT2D eigenvalue weighted by Gasteiger charge is 2.12. The molecule has 3 nitrogen and oxygen atoms in total. The SMILES string of the molecule is CNCC(O)c1c(C)cc(O)cc1C. The van der Waals surface area contributed by atoms with E-state index in [4.69, 9.17) is 0 Å². The van der Waals surface area contributed by atoms with Gasteiger partial charge in [0.2, 0.25) is 0 Å². The molecule has 0 aromatic heterocycles. The Balaban J connectivity index is 3.07. The summed E-state index contributed by atoms with van der Waals surface area (Å²) in [6, 6.07) is 3.34. The fourth-order valence-corrected chi connectivity index (χ4v) is 1.77. The third-order valence-electron chi connectivity index (χ3n) is 2.31. The summed E-state index contributed by atoms with van der Waals surface area (Å²) < 4.78 is 0. The number of hydrogen-bond acceptors (Lipinski definition) is 3. The lowest BCUT2D eigenvalue weighted by atomic mass is 9.97. The van der Waals surface area contributed by atoms with Crippen LogP contribution in [0.2, 0.25) is 0 Å². The number of phenols is 1. The number of hydrogen-bond donors (Lipinski definition) is 3. The summed E-state index contributed by atoms with van der Waals surface area (Å²) in [5, 5.41) is 22.1. The molecule has 1 unspecified atom stereocenters. The van der Waals surface area contributed by atoms with Crippen molar-refractivity contribution in [1.29, 1.82) is 0 Å². The van der Waals surface area contributed by atoms with E-state index in [0.29, 0.717) is 6.54 Å². The Kier molecular flexibility index (Phi) is 3.49. The first-order valence-electron chi connectivity index (χ1n) is 4.69. The molecule has 0 fully saturated rings. The van der Waals surface area contributed by atoms with Crippen molar-refractivity contribution in [3.63, 3.8) is 0 Å². The van der Waals surface area contributed by atoms with Crippen molar-refractivity contribution in [3.8, 4) is 5.75 Å². The van der Waals surface area contributed by atoms with Crippen molar-refractivity contribution in [2.24, 2.45) is 0 Å². The minimum atomic E-state index is -0.513. The van der Waals surface area contributed by atoms with Gasteiger partial charge in [0, 0.05) is 6.54 Å². The van der Waals surface area contributed by atoms with Crippen LogP contribution >= 0.6 is 0 Å². The van der Waals surface area contributed by atoms with Gasteiger partial charge in [0.25, 0.3) is 0 Å². The maximum atomic E-state index is 9.83. The molecule has 1 atom stereocenters. The molecule has 0 radical (unpaired) electrons. The van der Waals surface area contributed by atoms with Gasteiger partial charge in [-0.2, -0.15) is 0 Å². The zero-order valence-corrected chi connectivity index (χ0v) is 8.83. The molecule has 0 aliphatic carbocycles. The van der Waals surface area contributed by atoms with Crippen LogP contribution in [-0.2, 0) is 0 Å². The van der Waals surface area contributed by atoms with Crippen LogP contribution < -0.4 is 5.32 Å². The lowest BCUT2D eigenvalue weighted by Gasteiger charge is -2.16. The van der Waals surface area contributed by atoms with Crippen molar-refractivity contribution >= 4 is 0 Å². The molecule has 0 saturated carbocycles. The average Bonchev–Trinajstić information content (AvgIpc) is 2.01. The molecule has 3 N–H and O–H groups in total. The number of aliphatic hydroxyl groups excluding tert-OH is 1. The third kappa shape index (κ3) is 2.25. The second-order valence-electron chi connectivity index (χ2n) is 3.57. The summed E-state index contributed by atoms with van der Waals surface area (Å²) in [5.41, 5.74) is 2.74. The molecule has 0 amide bonds. The van der Waals surface area contributed by atoms with Gasteiger partial charge >= 0.3 is 0 Å². The lowest BCUT2D eigenvalue weighted by molar-refractivity contribution is 0.176. The van der Waals surface area contributed by atoms with Gasteiger partial charge in [-0.3, -0.25) is 0 Å². The Morgan fingerprint density at radius 2 is 1.79 bits per heavy atom. The molecule has 14 heavy (non-hydrogen) atoms. The van der Waals surface area contributed by atoms with Gasteiger partial charge in [-0.1, -0.05) is 0 Å². The highest BCUT2D eigenvalue weighted by atomic mass is 16.3. The molecule has 0 heterocycles. The van der Waals surface area contributed by atoms with Crippen molar-refractivity contribution in [3.05, 3.63) is 28.8 Å². The smallest absolute Gasteiger partial charge is 0.116 e. The second kappa shape index (κ2) is 4.44. The maximum absolute atomic E-state index is 9.83. The molecule has 0 saturated heterocycles. The van der Waals surface area contributed by atoms with Crippen molar-refractivity contribution < 1.29 is 10.2 Å². The predicted octanol–water partition coefficient (Wildman–Crippen LogP) is 1.26. The zero-order chi connectivity index (χ0) is 10.7. The first-order chi connectivity index (χ1) is 6.56. The van der Waals surface area contributed by atoms with Crippen LogP contribution in [0.5, 0.6) is 5.75 Å². The fourth-order valence-electron chi connectivity index (χ4n) is 1.77. The van der Waals surface area contributed by atoms with E-state index in [1.807, 2.05) is 13.8 Å². The van der Waals surface area contributed by atoms with E-state index in [-0.39, 0.29) is 5.75 Å². The lowest BCUT2D eigenvalue weighted by Crippen LogP contribution is -2.18. The molecule has 0 aliphatic heterocycles. The number of benzene rings is 1. The summed E-state index contributed by atoms with van der Waals surface area (Å²) in [6.45, 7) is 4.30. The molecule has 0 spiro atoms. The molecular formula is C11H17NO2. The zero-order valence-electron chi connectivity index (χ0n) is 8.83. The van der Waals surface area contributed by atoms with Gasteiger partial charge < -0.3 is 15.5 Å². The van der Waals surface area contributed by atoms with E-state index in [9.17, 15) is 10.2 Å². The average molecular weight is 195 g/mol. The highest BCUT2D eigenvalue weighted by molar-refractivity contribution is 5.41. The fraction of sp³-hybridized carbons (Fsp3) is 0.455. The first kappa shape index (κ1) is 11.0. The molecule has 1 aromatic carbocycles. The normalized spacial score (nSPS) is 12.9. The van der Waals surface area contributed by atoms with Crippen LogP contribution in [0.15, 0.2) is 12.1 Å². The quantitative estimate of drug-likeness (QED) is 0.680. The summed E-state index contributed by atoms with van der Waals surface area (Å²) in [7, 11) is 1.80. The topological polar surface area (TPSA) is 52.5 Å². The van der Waals surface area contributed by atoms with Gasteiger partial charge in [0.15, 0.2) is 0 Å². The third-order valence-corrected chi connectivity index (χ3v) is 2.31. The van der Waals surface area contributed by atoms with Gasteiger partial charge in [-0.25, -0.2) is 0 Å². The predicted molar refractivity (Wildman–Crippen MR) is 56.5 cm³/mol. The van der Waals surface area contributed by atoms with Crippen LogP contribution in [0.3, 0.4) is 0 Å². The van der Waals surface area contributed by atoms with Crippen LogP contribution in [0.1, 0.15) is 22.8 Å². The minimum Gasteiger partial charge on any atom is -0.508 e. The Labute approximate surface area is 84.4 Å². The Morgan fingerprint density at radius 3 is 2.21 bits per heavy atom. The van der Waals surface area contributed by atoms with Gasteiger partial charge in [-0.05, 0) is 49.7 Å². The Morgan fingerprint density at radius 1 is 1.29 bits per heavy atom. The summed E-state index contributed by atoms with van der Waals surface area (Å²) in [6.07, 6.45) is -0.513. The molecule has 1 rings (SSSR count). The highest BCUT2D eigenvalue weighted by Crippen LogP contribution is 2.25. The molecule has 78 valence electrons. The van der Waals surface area contributed by atoms with E-state index >= 15 is 0 Å². The summed E-state index contributed by atoms with van der Waals surface area (Å²) in [5.74, 6) is 0.250. The number of aryl methyl sites for hydroxylation is 2. The van der Waals surface area contributed by atoms with Crippen LogP contribution in [0, 0.1) is 13.8 Å². The van der Waals surface area contributed by atoms with Crippen molar-refractivity contribution in [2.45, 2.75) is 20.0 Å². The van der Waals surface area contributed by atoms with Crippen LogP contribution in [0.4, 0.5) is 0 Å². The maximum Gasteiger partial charge on any atom is 0.116 e. The largest absolute Gasteiger partial charge is 0.508 e. The number of phenolic OH excluding ortho intramolecular Hbond substituents is 1. The van der Waals surface area contributed by atoms with Crippen LogP contribution in [0.25, 0.3) is 0 Å². The molecule has 1 aromatic rings. The number of likely N-dealkylation sites (N-methyl/N-ethyl adjacent to an activating group) is 1. The van der Waals surface area contributed by atoms with Gasteiger partial charge in [0.1, 0.15) is 5.75 Å². The van der Waals surface area contributed by atoms with Crippen molar-refractivity contribution in [1.82, 2.24) is 5.32 Å². The minimum absolute atomic E-state index is 0.250. The standard InChI is InChI=1S/C11H17NO2/c1-7-4-9(13)5-8(2)11(7)10(14)6-12-3/h4-5,10,12-14H,6H2,1-3H3. The van der Waals surface area contributed by atoms with E-state index < -0.39 is 6.10 Å². The number of rotatable bonds is 3. The van der Waals surface area contributed by atoms with Gasteiger partial charge in [-0.15, -0.1) is 0 Å². The monoisotopic (exact) mass is 195 g/mol. The van der Waals surface area contributed by atoms with E-state index in [1.54, 1.807) is 19.2 Å². The van der Waals surface area contributed by atoms with Gasteiger partial charge in [0.05, 0.1) is 6.10 Å². The molecular weight excluding hydrogens is 178 g/mol.